The van der Waals surface area contributed by atoms with E-state index in [1.54, 1.807) is 37.3 Å². The lowest BCUT2D eigenvalue weighted by atomic mass is 10.1. The first kappa shape index (κ1) is 15.5. The van der Waals surface area contributed by atoms with E-state index in [1.165, 1.54) is 12.1 Å². The molecule has 0 atom stereocenters. The van der Waals surface area contributed by atoms with Gasteiger partial charge in [0.25, 0.3) is 10.0 Å². The molecule has 110 valence electrons. The summed E-state index contributed by atoms with van der Waals surface area (Å²) >= 11 is 3.27. The molecular weight excluding hydrogens is 356 g/mol. The first-order chi connectivity index (χ1) is 9.81. The van der Waals surface area contributed by atoms with E-state index in [4.69, 9.17) is 5.73 Å². The fourth-order valence-corrected chi connectivity index (χ4v) is 3.40. The molecule has 0 bridgehead atoms. The summed E-state index contributed by atoms with van der Waals surface area (Å²) in [6.45, 7) is 1.69. The zero-order chi connectivity index (χ0) is 15.6. The molecule has 0 saturated carbocycles. The third kappa shape index (κ3) is 3.43. The van der Waals surface area contributed by atoms with E-state index in [1.807, 2.05) is 0 Å². The molecule has 1 amide bonds. The van der Waals surface area contributed by atoms with E-state index >= 15 is 0 Å². The lowest BCUT2D eigenvalue weighted by Gasteiger charge is -2.11. The second kappa shape index (κ2) is 5.87. The monoisotopic (exact) mass is 368 g/mol. The molecule has 2 aromatic rings. The van der Waals surface area contributed by atoms with E-state index in [2.05, 4.69) is 20.7 Å². The average Bonchev–Trinajstić information content (AvgIpc) is 2.41. The van der Waals surface area contributed by atoms with Gasteiger partial charge in [0.05, 0.1) is 10.6 Å². The van der Waals surface area contributed by atoms with Crippen LogP contribution in [0.25, 0.3) is 0 Å². The highest BCUT2D eigenvalue weighted by Gasteiger charge is 2.18. The first-order valence-electron chi connectivity index (χ1n) is 5.99. The standard InChI is InChI=1S/C14H13BrN2O3S/c1-9-6-7-10(8-11(9)14(16)18)21(19,20)17-13-5-3-2-4-12(13)15/h2-8,17H,1H3,(H2,16,18). The number of sulfonamides is 1. The third-order valence-electron chi connectivity index (χ3n) is 2.90. The van der Waals surface area contributed by atoms with Gasteiger partial charge in [-0.05, 0) is 52.7 Å². The van der Waals surface area contributed by atoms with Gasteiger partial charge in [-0.3, -0.25) is 9.52 Å². The maximum absolute atomic E-state index is 12.4. The largest absolute Gasteiger partial charge is 0.366 e. The van der Waals surface area contributed by atoms with Crippen LogP contribution in [-0.4, -0.2) is 14.3 Å². The quantitative estimate of drug-likeness (QED) is 0.868. The van der Waals surface area contributed by atoms with Crippen LogP contribution in [0.1, 0.15) is 15.9 Å². The van der Waals surface area contributed by atoms with Crippen molar-refractivity contribution in [2.45, 2.75) is 11.8 Å². The smallest absolute Gasteiger partial charge is 0.261 e. The van der Waals surface area contributed by atoms with Crippen molar-refractivity contribution in [3.63, 3.8) is 0 Å². The Bertz CT molecular complexity index is 804. The Kier molecular flexibility index (Phi) is 4.34. The highest BCUT2D eigenvalue weighted by atomic mass is 79.9. The predicted molar refractivity (Wildman–Crippen MR) is 84.6 cm³/mol. The van der Waals surface area contributed by atoms with Gasteiger partial charge >= 0.3 is 0 Å². The van der Waals surface area contributed by atoms with E-state index in [0.29, 0.717) is 15.7 Å². The molecule has 0 heterocycles. The SMILES string of the molecule is Cc1ccc(S(=O)(=O)Nc2ccccc2Br)cc1C(N)=O. The fraction of sp³-hybridized carbons (Fsp3) is 0.0714. The maximum atomic E-state index is 12.4. The Hall–Kier alpha value is -1.86. The minimum absolute atomic E-state index is 0.0161. The van der Waals surface area contributed by atoms with Crippen molar-refractivity contribution in [3.05, 3.63) is 58.1 Å². The van der Waals surface area contributed by atoms with Gasteiger partial charge in [0.2, 0.25) is 5.91 Å². The third-order valence-corrected chi connectivity index (χ3v) is 4.96. The molecule has 7 heteroatoms. The van der Waals surface area contributed by atoms with Crippen LogP contribution in [0.5, 0.6) is 0 Å². The second-order valence-electron chi connectivity index (χ2n) is 4.43. The van der Waals surface area contributed by atoms with Crippen molar-refractivity contribution in [2.24, 2.45) is 5.73 Å². The molecular formula is C14H13BrN2O3S. The Morgan fingerprint density at radius 1 is 1.19 bits per heavy atom. The summed E-state index contributed by atoms with van der Waals surface area (Å²) in [4.78, 5) is 11.3. The second-order valence-corrected chi connectivity index (χ2v) is 6.96. The number of benzene rings is 2. The highest BCUT2D eigenvalue weighted by molar-refractivity contribution is 9.10. The molecule has 0 spiro atoms. The Morgan fingerprint density at radius 2 is 1.86 bits per heavy atom. The van der Waals surface area contributed by atoms with Gasteiger partial charge in [-0.25, -0.2) is 8.42 Å². The van der Waals surface area contributed by atoms with Crippen LogP contribution in [0.4, 0.5) is 5.69 Å². The molecule has 0 aliphatic heterocycles. The summed E-state index contributed by atoms with van der Waals surface area (Å²) in [5, 5.41) is 0. The molecule has 21 heavy (non-hydrogen) atoms. The van der Waals surface area contributed by atoms with E-state index in [-0.39, 0.29) is 10.5 Å². The van der Waals surface area contributed by atoms with Crippen molar-refractivity contribution in [1.29, 1.82) is 0 Å². The maximum Gasteiger partial charge on any atom is 0.261 e. The number of hydrogen-bond acceptors (Lipinski definition) is 3. The van der Waals surface area contributed by atoms with Crippen molar-refractivity contribution in [1.82, 2.24) is 0 Å². The van der Waals surface area contributed by atoms with Gasteiger partial charge < -0.3 is 5.73 Å². The van der Waals surface area contributed by atoms with Gasteiger partial charge in [0.15, 0.2) is 0 Å². The lowest BCUT2D eigenvalue weighted by molar-refractivity contribution is 0.0999. The van der Waals surface area contributed by atoms with Crippen LogP contribution in [0.15, 0.2) is 51.8 Å². The van der Waals surface area contributed by atoms with Crippen LogP contribution in [0.2, 0.25) is 0 Å². The number of amides is 1. The summed E-state index contributed by atoms with van der Waals surface area (Å²) in [7, 11) is -3.80. The molecule has 3 N–H and O–H groups in total. The number of nitrogens with two attached hydrogens (primary N) is 1. The summed E-state index contributed by atoms with van der Waals surface area (Å²) in [6, 6.07) is 11.1. The molecule has 0 fully saturated rings. The molecule has 2 aromatic carbocycles. The number of anilines is 1. The first-order valence-corrected chi connectivity index (χ1v) is 8.26. The number of carbonyl (C=O) groups excluding carboxylic acids is 1. The summed E-state index contributed by atoms with van der Waals surface area (Å²) < 4.78 is 27.8. The van der Waals surface area contributed by atoms with Gasteiger partial charge in [0, 0.05) is 10.0 Å². The minimum Gasteiger partial charge on any atom is -0.366 e. The van der Waals surface area contributed by atoms with Crippen LogP contribution in [0.3, 0.4) is 0 Å². The molecule has 0 radical (unpaired) electrons. The molecule has 0 aromatic heterocycles. The van der Waals surface area contributed by atoms with Crippen molar-refractivity contribution in [3.8, 4) is 0 Å². The molecule has 0 unspecified atom stereocenters. The predicted octanol–water partition coefficient (Wildman–Crippen LogP) is 2.66. The molecule has 0 saturated heterocycles. The number of primary amides is 1. The van der Waals surface area contributed by atoms with Gasteiger partial charge in [-0.2, -0.15) is 0 Å². The van der Waals surface area contributed by atoms with Crippen LogP contribution in [-0.2, 0) is 10.0 Å². The lowest BCUT2D eigenvalue weighted by Crippen LogP contribution is -2.17. The van der Waals surface area contributed by atoms with Crippen molar-refractivity contribution >= 4 is 37.5 Å². The topological polar surface area (TPSA) is 89.3 Å². The van der Waals surface area contributed by atoms with E-state index in [0.717, 1.165) is 0 Å². The highest BCUT2D eigenvalue weighted by Crippen LogP contribution is 2.25. The number of rotatable bonds is 4. The average molecular weight is 369 g/mol. The normalized spacial score (nSPS) is 11.1. The number of nitrogens with one attached hydrogen (secondary N) is 1. The van der Waals surface area contributed by atoms with E-state index < -0.39 is 15.9 Å². The van der Waals surface area contributed by atoms with Gasteiger partial charge in [0.1, 0.15) is 0 Å². The molecule has 0 aliphatic rings. The summed E-state index contributed by atoms with van der Waals surface area (Å²) in [6.07, 6.45) is 0. The molecule has 2 rings (SSSR count). The number of halogens is 1. The zero-order valence-electron chi connectivity index (χ0n) is 11.1. The van der Waals surface area contributed by atoms with Gasteiger partial charge in [-0.1, -0.05) is 18.2 Å². The van der Waals surface area contributed by atoms with E-state index in [9.17, 15) is 13.2 Å². The summed E-state index contributed by atoms with van der Waals surface area (Å²) in [5.74, 6) is -0.662. The zero-order valence-corrected chi connectivity index (χ0v) is 13.5. The van der Waals surface area contributed by atoms with Crippen molar-refractivity contribution < 1.29 is 13.2 Å². The number of para-hydroxylation sites is 1. The fourth-order valence-electron chi connectivity index (χ4n) is 1.78. The number of hydrogen-bond donors (Lipinski definition) is 2. The number of carbonyl (C=O) groups is 1. The molecule has 0 aliphatic carbocycles. The molecule has 5 nitrogen and oxygen atoms in total. The minimum atomic E-state index is -3.80. The Labute approximate surface area is 131 Å². The number of aryl methyl sites for hydroxylation is 1. The van der Waals surface area contributed by atoms with Crippen LogP contribution >= 0.6 is 15.9 Å². The Morgan fingerprint density at radius 3 is 2.48 bits per heavy atom. The summed E-state index contributed by atoms with van der Waals surface area (Å²) in [5.41, 5.74) is 6.47. The van der Waals surface area contributed by atoms with Gasteiger partial charge in [-0.15, -0.1) is 0 Å². The van der Waals surface area contributed by atoms with Crippen LogP contribution < -0.4 is 10.5 Å². The Balaban J connectivity index is 2.43. The van der Waals surface area contributed by atoms with Crippen molar-refractivity contribution in [2.75, 3.05) is 4.72 Å². The van der Waals surface area contributed by atoms with Crippen LogP contribution in [0, 0.1) is 6.92 Å².